The minimum Gasteiger partial charge on any atom is -0.326 e. The lowest BCUT2D eigenvalue weighted by molar-refractivity contribution is 0.0621. The molecule has 2 aromatic heterocycles. The molecule has 1 fully saturated rings. The second-order valence-electron chi connectivity index (χ2n) is 7.32. The monoisotopic (exact) mass is 394 g/mol. The minimum absolute atomic E-state index is 0.0270. The van der Waals surface area contributed by atoms with Crippen LogP contribution in [0.4, 0.5) is 4.39 Å². The highest BCUT2D eigenvalue weighted by Gasteiger charge is 2.32. The molecule has 0 spiro atoms. The van der Waals surface area contributed by atoms with E-state index >= 15 is 0 Å². The molecular formula is C21H23FN6O. The molecule has 1 saturated heterocycles. The average molecular weight is 394 g/mol. The first-order valence-electron chi connectivity index (χ1n) is 9.69. The lowest BCUT2D eigenvalue weighted by Gasteiger charge is -2.35. The molecule has 0 saturated carbocycles. The highest BCUT2D eigenvalue weighted by atomic mass is 19.1. The second kappa shape index (κ2) is 8.08. The van der Waals surface area contributed by atoms with E-state index in [0.29, 0.717) is 25.5 Å². The lowest BCUT2D eigenvalue weighted by Crippen LogP contribution is -2.49. The van der Waals surface area contributed by atoms with Gasteiger partial charge in [-0.2, -0.15) is 0 Å². The van der Waals surface area contributed by atoms with Gasteiger partial charge in [-0.05, 0) is 23.8 Å². The zero-order valence-electron chi connectivity index (χ0n) is 16.4. The van der Waals surface area contributed by atoms with Gasteiger partial charge in [0.15, 0.2) is 0 Å². The van der Waals surface area contributed by atoms with Gasteiger partial charge in [-0.3, -0.25) is 9.78 Å². The molecule has 1 aliphatic rings. The van der Waals surface area contributed by atoms with E-state index in [1.54, 1.807) is 35.5 Å². The van der Waals surface area contributed by atoms with Crippen molar-refractivity contribution in [3.8, 4) is 5.69 Å². The number of halogens is 1. The predicted molar refractivity (Wildman–Crippen MR) is 106 cm³/mol. The van der Waals surface area contributed by atoms with Crippen LogP contribution in [-0.4, -0.2) is 50.2 Å². The minimum atomic E-state index is -0.409. The van der Waals surface area contributed by atoms with Crippen LogP contribution in [0, 0.1) is 5.82 Å². The molecule has 1 aromatic carbocycles. The molecule has 1 aliphatic heterocycles. The van der Waals surface area contributed by atoms with Crippen molar-refractivity contribution in [2.24, 2.45) is 0 Å². The zero-order chi connectivity index (χ0) is 20.4. The molecule has 0 bridgehead atoms. The van der Waals surface area contributed by atoms with Gasteiger partial charge >= 0.3 is 0 Å². The van der Waals surface area contributed by atoms with Gasteiger partial charge < -0.3 is 10.2 Å². The first kappa shape index (κ1) is 19.2. The molecule has 7 nitrogen and oxygen atoms in total. The number of benzene rings is 1. The van der Waals surface area contributed by atoms with Crippen molar-refractivity contribution in [3.63, 3.8) is 0 Å². The van der Waals surface area contributed by atoms with E-state index in [1.165, 1.54) is 10.7 Å². The number of para-hydroxylation sites is 1. The molecule has 3 heterocycles. The maximum Gasteiger partial charge on any atom is 0.294 e. The summed E-state index contributed by atoms with van der Waals surface area (Å²) in [5, 5.41) is 7.72. The highest BCUT2D eigenvalue weighted by molar-refractivity contribution is 5.91. The number of nitrogens with zero attached hydrogens (tertiary/aromatic N) is 5. The Kier molecular flexibility index (Phi) is 5.35. The van der Waals surface area contributed by atoms with Crippen LogP contribution in [0.2, 0.25) is 0 Å². The number of piperazine rings is 1. The van der Waals surface area contributed by atoms with Gasteiger partial charge in [0.2, 0.25) is 5.82 Å². The third-order valence-corrected chi connectivity index (χ3v) is 4.99. The summed E-state index contributed by atoms with van der Waals surface area (Å²) in [4.78, 5) is 23.8. The fourth-order valence-electron chi connectivity index (χ4n) is 3.54. The summed E-state index contributed by atoms with van der Waals surface area (Å²) < 4.78 is 15.8. The summed E-state index contributed by atoms with van der Waals surface area (Å²) in [6.07, 6.45) is 3.47. The molecule has 4 rings (SSSR count). The van der Waals surface area contributed by atoms with E-state index < -0.39 is 5.82 Å². The van der Waals surface area contributed by atoms with E-state index in [-0.39, 0.29) is 29.4 Å². The van der Waals surface area contributed by atoms with E-state index in [9.17, 15) is 9.18 Å². The van der Waals surface area contributed by atoms with Crippen LogP contribution in [0.5, 0.6) is 0 Å². The van der Waals surface area contributed by atoms with E-state index in [1.807, 2.05) is 26.0 Å². The van der Waals surface area contributed by atoms with Crippen molar-refractivity contribution in [2.75, 3.05) is 19.6 Å². The summed E-state index contributed by atoms with van der Waals surface area (Å²) in [6, 6.07) is 10.0. The highest BCUT2D eigenvalue weighted by Crippen LogP contribution is 2.25. The van der Waals surface area contributed by atoms with Gasteiger partial charge in [0.1, 0.15) is 17.3 Å². The van der Waals surface area contributed by atoms with E-state index in [2.05, 4.69) is 20.4 Å². The standard InChI is InChI=1S/C21H23FN6O/c1-14(2)20-25-19(26-28(20)17-8-4-3-7-16(17)22)21(29)27-11-10-24-13-18(27)15-6-5-9-23-12-15/h3-9,12,14,18,24H,10-11,13H2,1-2H3. The Morgan fingerprint density at radius 1 is 1.24 bits per heavy atom. The SMILES string of the molecule is CC(C)c1nc(C(=O)N2CCNCC2c2cccnc2)nn1-c1ccccc1F. The van der Waals surface area contributed by atoms with Crippen molar-refractivity contribution < 1.29 is 9.18 Å². The number of rotatable bonds is 4. The fourth-order valence-corrected chi connectivity index (χ4v) is 3.54. The fraction of sp³-hybridized carbons (Fsp3) is 0.333. The molecular weight excluding hydrogens is 371 g/mol. The van der Waals surface area contributed by atoms with Gasteiger partial charge in [-0.25, -0.2) is 14.1 Å². The number of hydrogen-bond donors (Lipinski definition) is 1. The third-order valence-electron chi connectivity index (χ3n) is 4.99. The van der Waals surface area contributed by atoms with Gasteiger partial charge in [0.25, 0.3) is 5.91 Å². The van der Waals surface area contributed by atoms with Crippen LogP contribution in [0.3, 0.4) is 0 Å². The number of nitrogens with one attached hydrogen (secondary N) is 1. The van der Waals surface area contributed by atoms with Crippen LogP contribution >= 0.6 is 0 Å². The number of hydrogen-bond acceptors (Lipinski definition) is 5. The number of carbonyl (C=O) groups is 1. The largest absolute Gasteiger partial charge is 0.326 e. The van der Waals surface area contributed by atoms with Crippen molar-refractivity contribution in [3.05, 3.63) is 71.8 Å². The molecule has 150 valence electrons. The Morgan fingerprint density at radius 2 is 2.07 bits per heavy atom. The number of amides is 1. The predicted octanol–water partition coefficient (Wildman–Crippen LogP) is 2.71. The maximum absolute atomic E-state index is 14.4. The molecule has 3 aromatic rings. The number of pyridine rings is 1. The maximum atomic E-state index is 14.4. The Hall–Kier alpha value is -3.13. The molecule has 1 amide bonds. The normalized spacial score (nSPS) is 17.0. The summed E-state index contributed by atoms with van der Waals surface area (Å²) >= 11 is 0. The van der Waals surface area contributed by atoms with Gasteiger partial charge in [-0.1, -0.05) is 32.0 Å². The Morgan fingerprint density at radius 3 is 2.79 bits per heavy atom. The Bertz CT molecular complexity index is 1000. The van der Waals surface area contributed by atoms with Crippen LogP contribution in [0.1, 0.15) is 47.8 Å². The number of carbonyl (C=O) groups excluding carboxylic acids is 1. The molecule has 0 radical (unpaired) electrons. The van der Waals surface area contributed by atoms with Crippen molar-refractivity contribution >= 4 is 5.91 Å². The second-order valence-corrected chi connectivity index (χ2v) is 7.32. The summed E-state index contributed by atoms with van der Waals surface area (Å²) in [5.41, 5.74) is 1.23. The molecule has 29 heavy (non-hydrogen) atoms. The average Bonchev–Trinajstić information content (AvgIpc) is 3.20. The Labute approximate surface area is 168 Å². The van der Waals surface area contributed by atoms with Crippen LogP contribution in [-0.2, 0) is 0 Å². The van der Waals surface area contributed by atoms with Crippen LogP contribution in [0.25, 0.3) is 5.69 Å². The van der Waals surface area contributed by atoms with E-state index in [0.717, 1.165) is 5.56 Å². The molecule has 1 N–H and O–H groups in total. The van der Waals surface area contributed by atoms with Crippen LogP contribution in [0.15, 0.2) is 48.8 Å². The van der Waals surface area contributed by atoms with Gasteiger partial charge in [0.05, 0.1) is 6.04 Å². The van der Waals surface area contributed by atoms with E-state index in [4.69, 9.17) is 0 Å². The summed E-state index contributed by atoms with van der Waals surface area (Å²) in [5.74, 6) is -0.0777. The Balaban J connectivity index is 1.71. The smallest absolute Gasteiger partial charge is 0.294 e. The molecule has 1 unspecified atom stereocenters. The van der Waals surface area contributed by atoms with Crippen molar-refractivity contribution in [1.29, 1.82) is 0 Å². The quantitative estimate of drug-likeness (QED) is 0.736. The lowest BCUT2D eigenvalue weighted by atomic mass is 10.1. The van der Waals surface area contributed by atoms with Gasteiger partial charge in [-0.15, -0.1) is 5.10 Å². The first-order valence-corrected chi connectivity index (χ1v) is 9.69. The first-order chi connectivity index (χ1) is 14.1. The topological polar surface area (TPSA) is 75.9 Å². The van der Waals surface area contributed by atoms with Crippen molar-refractivity contribution in [1.82, 2.24) is 30.0 Å². The molecule has 8 heteroatoms. The van der Waals surface area contributed by atoms with Crippen LogP contribution < -0.4 is 5.32 Å². The summed E-state index contributed by atoms with van der Waals surface area (Å²) in [7, 11) is 0. The summed E-state index contributed by atoms with van der Waals surface area (Å²) in [6.45, 7) is 5.73. The zero-order valence-corrected chi connectivity index (χ0v) is 16.4. The molecule has 1 atom stereocenters. The van der Waals surface area contributed by atoms with Gasteiger partial charge in [0, 0.05) is 37.9 Å². The molecule has 0 aliphatic carbocycles. The third kappa shape index (κ3) is 3.75. The van der Waals surface area contributed by atoms with Crippen molar-refractivity contribution in [2.45, 2.75) is 25.8 Å². The number of aromatic nitrogens is 4.